The summed E-state index contributed by atoms with van der Waals surface area (Å²) >= 11 is 0. The molecule has 0 bridgehead atoms. The molecular formula is C7H13NO3. The number of carbonyl (C=O) groups excluding carboxylic acids is 1. The van der Waals surface area contributed by atoms with E-state index >= 15 is 0 Å². The zero-order chi connectivity index (χ0) is 8.32. The van der Waals surface area contributed by atoms with Crippen molar-refractivity contribution in [2.75, 3.05) is 26.2 Å². The number of hydrogen-bond acceptors (Lipinski definition) is 4. The normalized spacial score (nSPS) is 32.5. The highest BCUT2D eigenvalue weighted by atomic mass is 16.3. The molecule has 11 heavy (non-hydrogen) atoms. The summed E-state index contributed by atoms with van der Waals surface area (Å²) in [6.07, 6.45) is 1.36. The number of rotatable bonds is 3. The standard InChI is InChI=1S/C7H13NO3/c9-4-3-8-2-1-7(11,5-8)6-10/h4,10-11H,1-3,5-6H2. The summed E-state index contributed by atoms with van der Waals surface area (Å²) in [7, 11) is 0. The van der Waals surface area contributed by atoms with Crippen molar-refractivity contribution in [1.82, 2.24) is 4.90 Å². The molecule has 1 aliphatic heterocycles. The number of β-amino-alcohol motifs (C(OH)–C–C–N with tert-alkyl or cyclic N) is 1. The largest absolute Gasteiger partial charge is 0.393 e. The van der Waals surface area contributed by atoms with Crippen LogP contribution in [0.3, 0.4) is 0 Å². The molecule has 1 aliphatic rings. The third kappa shape index (κ3) is 1.99. The molecule has 0 amide bonds. The fourth-order valence-corrected chi connectivity index (χ4v) is 1.33. The molecule has 1 fully saturated rings. The highest BCUT2D eigenvalue weighted by Gasteiger charge is 2.34. The first-order valence-corrected chi connectivity index (χ1v) is 3.69. The van der Waals surface area contributed by atoms with Crippen LogP contribution >= 0.6 is 0 Å². The van der Waals surface area contributed by atoms with Crippen LogP contribution in [0.1, 0.15) is 6.42 Å². The quantitative estimate of drug-likeness (QED) is 0.498. The maximum absolute atomic E-state index is 10.1. The van der Waals surface area contributed by atoms with Gasteiger partial charge in [-0.2, -0.15) is 0 Å². The highest BCUT2D eigenvalue weighted by molar-refractivity contribution is 5.52. The van der Waals surface area contributed by atoms with Gasteiger partial charge in [-0.25, -0.2) is 0 Å². The Labute approximate surface area is 65.4 Å². The van der Waals surface area contributed by atoms with Gasteiger partial charge in [-0.05, 0) is 6.42 Å². The second-order valence-corrected chi connectivity index (χ2v) is 3.03. The van der Waals surface area contributed by atoms with E-state index in [9.17, 15) is 9.90 Å². The number of aliphatic hydroxyl groups is 2. The molecule has 0 aromatic heterocycles. The van der Waals surface area contributed by atoms with E-state index in [1.54, 1.807) is 0 Å². The fraction of sp³-hybridized carbons (Fsp3) is 0.857. The molecule has 64 valence electrons. The predicted octanol–water partition coefficient (Wildman–Crippen LogP) is -1.39. The summed E-state index contributed by atoms with van der Waals surface area (Å²) in [5, 5.41) is 18.2. The second-order valence-electron chi connectivity index (χ2n) is 3.03. The minimum Gasteiger partial charge on any atom is -0.393 e. The lowest BCUT2D eigenvalue weighted by Gasteiger charge is -2.19. The van der Waals surface area contributed by atoms with Crippen molar-refractivity contribution < 1.29 is 15.0 Å². The van der Waals surface area contributed by atoms with E-state index in [0.29, 0.717) is 26.1 Å². The van der Waals surface area contributed by atoms with E-state index < -0.39 is 5.60 Å². The summed E-state index contributed by atoms with van der Waals surface area (Å²) < 4.78 is 0. The van der Waals surface area contributed by atoms with Crippen LogP contribution in [0, 0.1) is 0 Å². The highest BCUT2D eigenvalue weighted by Crippen LogP contribution is 2.19. The van der Waals surface area contributed by atoms with Gasteiger partial charge < -0.3 is 15.0 Å². The van der Waals surface area contributed by atoms with Crippen molar-refractivity contribution in [3.63, 3.8) is 0 Å². The van der Waals surface area contributed by atoms with Gasteiger partial charge in [-0.15, -0.1) is 0 Å². The maximum atomic E-state index is 10.1. The van der Waals surface area contributed by atoms with Crippen LogP contribution < -0.4 is 0 Å². The molecular weight excluding hydrogens is 146 g/mol. The van der Waals surface area contributed by atoms with Crippen molar-refractivity contribution in [2.24, 2.45) is 0 Å². The lowest BCUT2D eigenvalue weighted by atomic mass is 10.1. The molecule has 0 aliphatic carbocycles. The molecule has 0 saturated carbocycles. The minimum atomic E-state index is -0.969. The Kier molecular flexibility index (Phi) is 2.59. The Morgan fingerprint density at radius 3 is 2.82 bits per heavy atom. The SMILES string of the molecule is O=CCN1CCC(O)(CO)C1. The lowest BCUT2D eigenvalue weighted by Crippen LogP contribution is -2.37. The molecule has 1 heterocycles. The van der Waals surface area contributed by atoms with Crippen molar-refractivity contribution >= 4 is 6.29 Å². The molecule has 4 nitrogen and oxygen atoms in total. The first-order valence-electron chi connectivity index (χ1n) is 3.69. The molecule has 0 aromatic rings. The van der Waals surface area contributed by atoms with Crippen LogP contribution in [0.25, 0.3) is 0 Å². The molecule has 1 atom stereocenters. The molecule has 4 heteroatoms. The number of hydrogen-bond donors (Lipinski definition) is 2. The smallest absolute Gasteiger partial charge is 0.133 e. The molecule has 1 rings (SSSR count). The van der Waals surface area contributed by atoms with E-state index in [1.165, 1.54) is 0 Å². The van der Waals surface area contributed by atoms with E-state index in [2.05, 4.69) is 0 Å². The molecule has 0 aromatic carbocycles. The number of carbonyl (C=O) groups is 1. The Hall–Kier alpha value is -0.450. The summed E-state index contributed by atoms with van der Waals surface area (Å²) in [6.45, 7) is 1.22. The Morgan fingerprint density at radius 2 is 2.36 bits per heavy atom. The van der Waals surface area contributed by atoms with Gasteiger partial charge in [0, 0.05) is 13.1 Å². The Balaban J connectivity index is 2.39. The number of aldehydes is 1. The van der Waals surface area contributed by atoms with Crippen LogP contribution in [-0.4, -0.2) is 53.2 Å². The van der Waals surface area contributed by atoms with Crippen LogP contribution in [0.15, 0.2) is 0 Å². The average Bonchev–Trinajstić information content (AvgIpc) is 2.35. The van der Waals surface area contributed by atoms with Crippen molar-refractivity contribution in [2.45, 2.75) is 12.0 Å². The summed E-state index contributed by atoms with van der Waals surface area (Å²) in [5.74, 6) is 0. The van der Waals surface area contributed by atoms with Crippen molar-refractivity contribution in [3.8, 4) is 0 Å². The van der Waals surface area contributed by atoms with Crippen molar-refractivity contribution in [3.05, 3.63) is 0 Å². The van der Waals surface area contributed by atoms with E-state index in [0.717, 1.165) is 6.29 Å². The number of nitrogens with zero attached hydrogens (tertiary/aromatic N) is 1. The first-order chi connectivity index (χ1) is 5.20. The average molecular weight is 159 g/mol. The predicted molar refractivity (Wildman–Crippen MR) is 39.2 cm³/mol. The van der Waals surface area contributed by atoms with Gasteiger partial charge in [-0.3, -0.25) is 4.90 Å². The van der Waals surface area contributed by atoms with Gasteiger partial charge in [0.15, 0.2) is 0 Å². The summed E-state index contributed by atoms with van der Waals surface area (Å²) in [4.78, 5) is 11.9. The van der Waals surface area contributed by atoms with Crippen LogP contribution in [0.4, 0.5) is 0 Å². The Morgan fingerprint density at radius 1 is 1.64 bits per heavy atom. The van der Waals surface area contributed by atoms with Gasteiger partial charge in [0.05, 0.1) is 13.2 Å². The second kappa shape index (κ2) is 3.30. The topological polar surface area (TPSA) is 60.8 Å². The number of aliphatic hydroxyl groups excluding tert-OH is 1. The third-order valence-electron chi connectivity index (χ3n) is 2.04. The monoisotopic (exact) mass is 159 g/mol. The minimum absolute atomic E-state index is 0.220. The third-order valence-corrected chi connectivity index (χ3v) is 2.04. The molecule has 2 N–H and O–H groups in total. The van der Waals surface area contributed by atoms with E-state index in [4.69, 9.17) is 5.11 Å². The van der Waals surface area contributed by atoms with Crippen molar-refractivity contribution in [1.29, 1.82) is 0 Å². The molecule has 1 unspecified atom stereocenters. The zero-order valence-electron chi connectivity index (χ0n) is 6.36. The summed E-state index contributed by atoms with van der Waals surface area (Å²) in [6, 6.07) is 0. The van der Waals surface area contributed by atoms with Crippen LogP contribution in [0.5, 0.6) is 0 Å². The zero-order valence-corrected chi connectivity index (χ0v) is 6.36. The first kappa shape index (κ1) is 8.64. The van der Waals surface area contributed by atoms with Crippen LogP contribution in [-0.2, 0) is 4.79 Å². The van der Waals surface area contributed by atoms with Gasteiger partial charge >= 0.3 is 0 Å². The maximum Gasteiger partial charge on any atom is 0.133 e. The Bertz CT molecular complexity index is 151. The van der Waals surface area contributed by atoms with Crippen LogP contribution in [0.2, 0.25) is 0 Å². The van der Waals surface area contributed by atoms with E-state index in [-0.39, 0.29) is 6.61 Å². The molecule has 0 spiro atoms. The lowest BCUT2D eigenvalue weighted by molar-refractivity contribution is -0.108. The summed E-state index contributed by atoms with van der Waals surface area (Å²) in [5.41, 5.74) is -0.969. The molecule has 1 saturated heterocycles. The van der Waals surface area contributed by atoms with Gasteiger partial charge in [0.25, 0.3) is 0 Å². The number of likely N-dealkylation sites (tertiary alicyclic amines) is 1. The van der Waals surface area contributed by atoms with E-state index in [1.807, 2.05) is 4.90 Å². The fourth-order valence-electron chi connectivity index (χ4n) is 1.33. The van der Waals surface area contributed by atoms with Gasteiger partial charge in [0.2, 0.25) is 0 Å². The van der Waals surface area contributed by atoms with Gasteiger partial charge in [0.1, 0.15) is 11.9 Å². The van der Waals surface area contributed by atoms with Gasteiger partial charge in [-0.1, -0.05) is 0 Å². The molecule has 0 radical (unpaired) electrons.